The number of pyridine rings is 1. The van der Waals surface area contributed by atoms with E-state index >= 15 is 0 Å². The first-order valence-corrected chi connectivity index (χ1v) is 6.30. The number of aryl methyl sites for hydroxylation is 1. The van der Waals surface area contributed by atoms with E-state index in [0.717, 1.165) is 5.56 Å². The van der Waals surface area contributed by atoms with E-state index in [1.807, 2.05) is 30.3 Å². The quantitative estimate of drug-likeness (QED) is 0.785. The molecule has 92 valence electrons. The fraction of sp³-hybridized carbons (Fsp3) is 0.143. The second-order valence-corrected chi connectivity index (χ2v) is 4.74. The number of hydrogen-bond acceptors (Lipinski definition) is 2. The van der Waals surface area contributed by atoms with Crippen molar-refractivity contribution in [2.24, 2.45) is 0 Å². The highest BCUT2D eigenvalue weighted by molar-refractivity contribution is 6.36. The lowest BCUT2D eigenvalue weighted by Gasteiger charge is -2.03. The van der Waals surface area contributed by atoms with E-state index in [0.29, 0.717) is 22.9 Å². The number of carbonyl (C=O) groups excluding carboxylic acids is 1. The van der Waals surface area contributed by atoms with Gasteiger partial charge in [-0.2, -0.15) is 0 Å². The van der Waals surface area contributed by atoms with Crippen LogP contribution in [0, 0.1) is 0 Å². The molecule has 2 rings (SSSR count). The van der Waals surface area contributed by atoms with E-state index in [9.17, 15) is 4.79 Å². The Labute approximate surface area is 116 Å². The van der Waals surface area contributed by atoms with Crippen molar-refractivity contribution >= 4 is 29.0 Å². The number of hydrogen-bond donors (Lipinski definition) is 0. The molecule has 18 heavy (non-hydrogen) atoms. The first kappa shape index (κ1) is 13.1. The van der Waals surface area contributed by atoms with Gasteiger partial charge in [0.15, 0.2) is 5.78 Å². The molecule has 1 heterocycles. The van der Waals surface area contributed by atoms with Crippen molar-refractivity contribution in [3.05, 3.63) is 63.9 Å². The van der Waals surface area contributed by atoms with Crippen molar-refractivity contribution in [3.63, 3.8) is 0 Å². The van der Waals surface area contributed by atoms with Gasteiger partial charge in [0.05, 0.1) is 10.0 Å². The summed E-state index contributed by atoms with van der Waals surface area (Å²) in [6, 6.07) is 11.4. The molecular formula is C14H11Cl2NO. The molecule has 4 heteroatoms. The van der Waals surface area contributed by atoms with Gasteiger partial charge in [0.25, 0.3) is 0 Å². The highest BCUT2D eigenvalue weighted by Crippen LogP contribution is 2.20. The number of rotatable bonds is 4. The van der Waals surface area contributed by atoms with E-state index in [4.69, 9.17) is 23.2 Å². The summed E-state index contributed by atoms with van der Waals surface area (Å²) in [5.74, 6) is -0.0690. The Balaban J connectivity index is 2.04. The molecule has 0 N–H and O–H groups in total. The molecule has 0 radical (unpaired) electrons. The van der Waals surface area contributed by atoms with Crippen LogP contribution in [0.15, 0.2) is 42.6 Å². The van der Waals surface area contributed by atoms with Gasteiger partial charge in [-0.25, -0.2) is 0 Å². The molecule has 0 saturated carbocycles. The molecule has 0 aliphatic rings. The van der Waals surface area contributed by atoms with Crippen LogP contribution in [-0.4, -0.2) is 10.8 Å². The second-order valence-electron chi connectivity index (χ2n) is 3.89. The van der Waals surface area contributed by atoms with Gasteiger partial charge in [-0.15, -0.1) is 0 Å². The summed E-state index contributed by atoms with van der Waals surface area (Å²) in [6.45, 7) is 0. The topological polar surface area (TPSA) is 30.0 Å². The van der Waals surface area contributed by atoms with Crippen LogP contribution in [0.3, 0.4) is 0 Å². The average Bonchev–Trinajstić information content (AvgIpc) is 2.37. The third-order valence-corrected chi connectivity index (χ3v) is 3.05. The van der Waals surface area contributed by atoms with Gasteiger partial charge in [-0.05, 0) is 18.1 Å². The maximum atomic E-state index is 12.0. The highest BCUT2D eigenvalue weighted by Gasteiger charge is 2.12. The Morgan fingerprint density at radius 2 is 1.89 bits per heavy atom. The number of ketones is 1. The fourth-order valence-corrected chi connectivity index (χ4v) is 2.13. The Hall–Kier alpha value is -1.38. The lowest BCUT2D eigenvalue weighted by molar-refractivity contribution is 0.0978. The van der Waals surface area contributed by atoms with Crippen LogP contribution in [0.2, 0.25) is 10.0 Å². The Kier molecular flexibility index (Phi) is 4.34. The zero-order valence-electron chi connectivity index (χ0n) is 9.57. The summed E-state index contributed by atoms with van der Waals surface area (Å²) in [5, 5.41) is 0.736. The summed E-state index contributed by atoms with van der Waals surface area (Å²) in [6.07, 6.45) is 2.50. The minimum absolute atomic E-state index is 0.0690. The molecular weight excluding hydrogens is 269 g/mol. The molecule has 0 amide bonds. The van der Waals surface area contributed by atoms with Crippen LogP contribution < -0.4 is 0 Å². The van der Waals surface area contributed by atoms with Crippen LogP contribution in [0.25, 0.3) is 0 Å². The van der Waals surface area contributed by atoms with Crippen molar-refractivity contribution in [2.45, 2.75) is 12.8 Å². The van der Waals surface area contributed by atoms with Crippen molar-refractivity contribution in [3.8, 4) is 0 Å². The third kappa shape index (κ3) is 3.31. The molecule has 0 bridgehead atoms. The summed E-state index contributed by atoms with van der Waals surface area (Å²) in [7, 11) is 0. The maximum Gasteiger partial charge on any atom is 0.183 e. The minimum Gasteiger partial charge on any atom is -0.292 e. The first-order valence-electron chi connectivity index (χ1n) is 5.55. The van der Waals surface area contributed by atoms with E-state index in [1.165, 1.54) is 12.3 Å². The Bertz CT molecular complexity index is 555. The predicted octanol–water partition coefficient (Wildman–Crippen LogP) is 4.20. The lowest BCUT2D eigenvalue weighted by atomic mass is 10.1. The van der Waals surface area contributed by atoms with Gasteiger partial charge in [-0.3, -0.25) is 9.78 Å². The molecule has 1 aromatic heterocycles. The zero-order chi connectivity index (χ0) is 13.0. The molecule has 0 atom stereocenters. The summed E-state index contributed by atoms with van der Waals surface area (Å²) in [4.78, 5) is 15.9. The molecule has 0 fully saturated rings. The largest absolute Gasteiger partial charge is 0.292 e. The molecule has 2 nitrogen and oxygen atoms in total. The van der Waals surface area contributed by atoms with Crippen LogP contribution in [0.1, 0.15) is 22.5 Å². The van der Waals surface area contributed by atoms with Crippen molar-refractivity contribution in [1.82, 2.24) is 4.98 Å². The van der Waals surface area contributed by atoms with Gasteiger partial charge < -0.3 is 0 Å². The van der Waals surface area contributed by atoms with Crippen molar-refractivity contribution in [2.75, 3.05) is 0 Å². The number of benzene rings is 1. The van der Waals surface area contributed by atoms with Gasteiger partial charge in [-0.1, -0.05) is 53.5 Å². The summed E-state index contributed by atoms with van der Waals surface area (Å²) < 4.78 is 0. The number of aromatic nitrogens is 1. The molecule has 0 unspecified atom stereocenters. The molecule has 2 aromatic rings. The maximum absolute atomic E-state index is 12.0. The average molecular weight is 280 g/mol. The van der Waals surface area contributed by atoms with E-state index in [2.05, 4.69) is 4.98 Å². The van der Waals surface area contributed by atoms with E-state index in [-0.39, 0.29) is 11.5 Å². The number of nitrogens with zero attached hydrogens (tertiary/aromatic N) is 1. The minimum atomic E-state index is -0.0690. The van der Waals surface area contributed by atoms with Crippen LogP contribution in [0.5, 0.6) is 0 Å². The molecule has 0 spiro atoms. The fourth-order valence-electron chi connectivity index (χ4n) is 1.64. The number of halogens is 2. The number of Topliss-reactive ketones (excluding diaryl/α,β-unsaturated/α-hetero) is 1. The van der Waals surface area contributed by atoms with Crippen LogP contribution in [-0.2, 0) is 6.42 Å². The molecule has 1 aromatic carbocycles. The SMILES string of the molecule is O=C(CCc1ccccc1)c1ncc(Cl)cc1Cl. The van der Waals surface area contributed by atoms with Crippen molar-refractivity contribution in [1.29, 1.82) is 0 Å². The Morgan fingerprint density at radius 1 is 1.17 bits per heavy atom. The van der Waals surface area contributed by atoms with Gasteiger partial charge >= 0.3 is 0 Å². The van der Waals surface area contributed by atoms with Gasteiger partial charge in [0.1, 0.15) is 5.69 Å². The Morgan fingerprint density at radius 3 is 2.56 bits per heavy atom. The number of carbonyl (C=O) groups is 1. The van der Waals surface area contributed by atoms with Crippen molar-refractivity contribution < 1.29 is 4.79 Å². The first-order chi connectivity index (χ1) is 8.66. The van der Waals surface area contributed by atoms with E-state index < -0.39 is 0 Å². The normalized spacial score (nSPS) is 10.3. The molecule has 0 aliphatic carbocycles. The van der Waals surface area contributed by atoms with Crippen LogP contribution in [0.4, 0.5) is 0 Å². The monoisotopic (exact) mass is 279 g/mol. The smallest absolute Gasteiger partial charge is 0.183 e. The van der Waals surface area contributed by atoms with Crippen LogP contribution >= 0.6 is 23.2 Å². The highest BCUT2D eigenvalue weighted by atomic mass is 35.5. The lowest BCUT2D eigenvalue weighted by Crippen LogP contribution is -2.04. The van der Waals surface area contributed by atoms with E-state index in [1.54, 1.807) is 0 Å². The van der Waals surface area contributed by atoms with Gasteiger partial charge in [0, 0.05) is 12.6 Å². The molecule has 0 saturated heterocycles. The third-order valence-electron chi connectivity index (χ3n) is 2.56. The summed E-state index contributed by atoms with van der Waals surface area (Å²) in [5.41, 5.74) is 1.41. The second kappa shape index (κ2) is 5.98. The zero-order valence-corrected chi connectivity index (χ0v) is 11.1. The molecule has 0 aliphatic heterocycles. The summed E-state index contributed by atoms with van der Waals surface area (Å²) >= 11 is 11.7. The van der Waals surface area contributed by atoms with Gasteiger partial charge in [0.2, 0.25) is 0 Å². The standard InChI is InChI=1S/C14H11Cl2NO/c15-11-8-12(16)14(17-9-11)13(18)7-6-10-4-2-1-3-5-10/h1-5,8-9H,6-7H2. The predicted molar refractivity (Wildman–Crippen MR) is 73.4 cm³/mol.